The van der Waals surface area contributed by atoms with Gasteiger partial charge in [0.15, 0.2) is 0 Å². The maximum absolute atomic E-state index is 12.7. The fourth-order valence-electron chi connectivity index (χ4n) is 3.79. The molecule has 31 heavy (non-hydrogen) atoms. The normalized spacial score (nSPS) is 16.4. The van der Waals surface area contributed by atoms with Crippen LogP contribution in [0, 0.1) is 6.92 Å². The average Bonchev–Trinajstić information content (AvgIpc) is 3.47. The Kier molecular flexibility index (Phi) is 6.66. The number of hydrogen-bond donors (Lipinski definition) is 1. The third-order valence-electron chi connectivity index (χ3n) is 5.51. The summed E-state index contributed by atoms with van der Waals surface area (Å²) in [6.45, 7) is 5.46. The molecular formula is C22H27N3O4S2. The van der Waals surface area contributed by atoms with Crippen LogP contribution in [-0.2, 0) is 10.0 Å². The summed E-state index contributed by atoms with van der Waals surface area (Å²) in [5.74, 6) is 1.61. The smallest absolute Gasteiger partial charge is 0.250 e. The maximum atomic E-state index is 12.7. The Bertz CT molecular complexity index is 1070. The lowest BCUT2D eigenvalue weighted by molar-refractivity contribution is 0.166. The van der Waals surface area contributed by atoms with E-state index in [1.165, 1.54) is 11.3 Å². The Labute approximate surface area is 187 Å². The zero-order valence-electron chi connectivity index (χ0n) is 17.7. The van der Waals surface area contributed by atoms with Gasteiger partial charge in [-0.25, -0.2) is 13.1 Å². The fourth-order valence-corrected chi connectivity index (χ4v) is 6.16. The molecule has 1 fully saturated rings. The van der Waals surface area contributed by atoms with Crippen LogP contribution in [0.2, 0.25) is 0 Å². The number of nitrogens with zero attached hydrogens (tertiary/aromatic N) is 2. The molecule has 1 aliphatic rings. The zero-order chi connectivity index (χ0) is 21.8. The van der Waals surface area contributed by atoms with Crippen molar-refractivity contribution in [2.24, 2.45) is 0 Å². The Morgan fingerprint density at radius 2 is 1.84 bits per heavy atom. The number of hydrogen-bond acceptors (Lipinski definition) is 7. The highest BCUT2D eigenvalue weighted by atomic mass is 32.2. The first-order valence-corrected chi connectivity index (χ1v) is 12.5. The average molecular weight is 462 g/mol. The van der Waals surface area contributed by atoms with Crippen molar-refractivity contribution in [1.82, 2.24) is 9.62 Å². The van der Waals surface area contributed by atoms with Gasteiger partial charge in [-0.15, -0.1) is 11.3 Å². The van der Waals surface area contributed by atoms with Crippen LogP contribution >= 0.6 is 11.3 Å². The minimum atomic E-state index is -3.55. The topological polar surface area (TPSA) is 75.0 Å². The van der Waals surface area contributed by atoms with Crippen LogP contribution in [0.15, 0.2) is 63.4 Å². The fraction of sp³-hybridized carbons (Fsp3) is 0.364. The number of piperazine rings is 1. The molecule has 0 amide bonds. The summed E-state index contributed by atoms with van der Waals surface area (Å²) < 4.78 is 39.5. The molecule has 9 heteroatoms. The molecule has 1 N–H and O–H groups in total. The molecule has 0 spiro atoms. The molecule has 1 aromatic carbocycles. The van der Waals surface area contributed by atoms with Crippen molar-refractivity contribution in [3.05, 3.63) is 65.4 Å². The number of ether oxygens (including phenoxy) is 1. The molecule has 3 heterocycles. The maximum Gasteiger partial charge on any atom is 0.250 e. The van der Waals surface area contributed by atoms with E-state index in [2.05, 4.69) is 26.7 Å². The second kappa shape index (κ2) is 9.44. The lowest BCUT2D eigenvalue weighted by atomic mass is 10.1. The molecule has 4 rings (SSSR count). The van der Waals surface area contributed by atoms with Gasteiger partial charge in [0.2, 0.25) is 10.0 Å². The van der Waals surface area contributed by atoms with E-state index >= 15 is 0 Å². The van der Waals surface area contributed by atoms with Gasteiger partial charge >= 0.3 is 0 Å². The number of benzene rings is 1. The molecule has 0 aliphatic carbocycles. The molecule has 7 nitrogen and oxygen atoms in total. The summed E-state index contributed by atoms with van der Waals surface area (Å²) in [6, 6.07) is 15.1. The molecule has 1 atom stereocenters. The molecule has 0 saturated carbocycles. The van der Waals surface area contributed by atoms with Crippen molar-refractivity contribution in [2.45, 2.75) is 17.2 Å². The van der Waals surface area contributed by atoms with Crippen LogP contribution in [0.5, 0.6) is 5.75 Å². The highest BCUT2D eigenvalue weighted by Crippen LogP contribution is 2.27. The van der Waals surface area contributed by atoms with Gasteiger partial charge in [0.25, 0.3) is 0 Å². The lowest BCUT2D eigenvalue weighted by Gasteiger charge is -2.39. The molecule has 1 unspecified atom stereocenters. The first-order chi connectivity index (χ1) is 15.0. The summed E-state index contributed by atoms with van der Waals surface area (Å²) in [7, 11) is -1.88. The van der Waals surface area contributed by atoms with E-state index in [1.807, 2.05) is 37.3 Å². The van der Waals surface area contributed by atoms with Crippen molar-refractivity contribution in [2.75, 3.05) is 44.7 Å². The van der Waals surface area contributed by atoms with Gasteiger partial charge in [0, 0.05) is 43.3 Å². The predicted molar refractivity (Wildman–Crippen MR) is 122 cm³/mol. The second-order valence-corrected chi connectivity index (χ2v) is 10.8. The number of sulfonamides is 1. The Morgan fingerprint density at radius 3 is 2.42 bits per heavy atom. The van der Waals surface area contributed by atoms with E-state index in [0.717, 1.165) is 48.3 Å². The number of rotatable bonds is 8. The van der Waals surface area contributed by atoms with Crippen molar-refractivity contribution in [3.8, 4) is 5.75 Å². The highest BCUT2D eigenvalue weighted by Gasteiger charge is 2.29. The minimum Gasteiger partial charge on any atom is -0.497 e. The Balaban J connectivity index is 1.43. The van der Waals surface area contributed by atoms with Crippen molar-refractivity contribution < 1.29 is 17.6 Å². The van der Waals surface area contributed by atoms with E-state index in [1.54, 1.807) is 19.4 Å². The van der Waals surface area contributed by atoms with Gasteiger partial charge < -0.3 is 14.1 Å². The molecule has 166 valence electrons. The molecular weight excluding hydrogens is 434 g/mol. The number of anilines is 1. The van der Waals surface area contributed by atoms with Crippen LogP contribution in [0.25, 0.3) is 0 Å². The third-order valence-corrected chi connectivity index (χ3v) is 8.43. The van der Waals surface area contributed by atoms with E-state index < -0.39 is 10.0 Å². The van der Waals surface area contributed by atoms with Gasteiger partial charge in [-0.05, 0) is 55.5 Å². The van der Waals surface area contributed by atoms with E-state index in [-0.39, 0.29) is 12.6 Å². The Hall–Kier alpha value is -2.33. The number of thiophene rings is 1. The molecule has 0 bridgehead atoms. The number of aryl methyl sites for hydroxylation is 1. The highest BCUT2D eigenvalue weighted by molar-refractivity contribution is 7.91. The summed E-state index contributed by atoms with van der Waals surface area (Å²) in [5, 5.41) is 0. The Morgan fingerprint density at radius 1 is 1.10 bits per heavy atom. The molecule has 1 aliphatic heterocycles. The first kappa shape index (κ1) is 21.9. The van der Waals surface area contributed by atoms with E-state index in [9.17, 15) is 8.42 Å². The largest absolute Gasteiger partial charge is 0.497 e. The minimum absolute atomic E-state index is 0.163. The zero-order valence-corrected chi connectivity index (χ0v) is 19.3. The van der Waals surface area contributed by atoms with Crippen LogP contribution < -0.4 is 14.4 Å². The van der Waals surface area contributed by atoms with Gasteiger partial charge in [-0.3, -0.25) is 4.90 Å². The summed E-state index contributed by atoms with van der Waals surface area (Å²) in [5.41, 5.74) is 1.16. The van der Waals surface area contributed by atoms with Gasteiger partial charge in [0.05, 0.1) is 19.4 Å². The lowest BCUT2D eigenvalue weighted by Crippen LogP contribution is -2.49. The third kappa shape index (κ3) is 5.12. The second-order valence-electron chi connectivity index (χ2n) is 7.47. The quantitative estimate of drug-likeness (QED) is 0.553. The summed E-state index contributed by atoms with van der Waals surface area (Å²) in [6.07, 6.45) is 1.63. The first-order valence-electron chi connectivity index (χ1n) is 10.2. The molecule has 2 aromatic heterocycles. The van der Waals surface area contributed by atoms with Gasteiger partial charge in [0.1, 0.15) is 15.7 Å². The van der Waals surface area contributed by atoms with Crippen LogP contribution in [0.3, 0.4) is 0 Å². The van der Waals surface area contributed by atoms with Crippen LogP contribution in [-0.4, -0.2) is 53.2 Å². The standard InChI is InChI=1S/C22H27N3O4S2/c1-17-5-10-22(30-17)31(26,27)23-16-20(21-4-3-15-29-21)25-13-11-24(12-14-25)18-6-8-19(28-2)9-7-18/h3-10,15,20,23H,11-14,16H2,1-2H3. The van der Waals surface area contributed by atoms with Crippen LogP contribution in [0.4, 0.5) is 5.69 Å². The van der Waals surface area contributed by atoms with E-state index in [4.69, 9.17) is 9.15 Å². The predicted octanol–water partition coefficient (Wildman–Crippen LogP) is 3.50. The van der Waals surface area contributed by atoms with E-state index in [0.29, 0.717) is 4.21 Å². The van der Waals surface area contributed by atoms with Gasteiger partial charge in [-0.1, -0.05) is 0 Å². The number of nitrogens with one attached hydrogen (secondary N) is 1. The van der Waals surface area contributed by atoms with Crippen LogP contribution in [0.1, 0.15) is 16.7 Å². The SMILES string of the molecule is COc1ccc(N2CCN(C(CNS(=O)(=O)c3ccc(C)s3)c3ccco3)CC2)cc1. The molecule has 3 aromatic rings. The molecule has 0 radical (unpaired) electrons. The van der Waals surface area contributed by atoms with Crippen molar-refractivity contribution in [3.63, 3.8) is 0 Å². The molecule has 1 saturated heterocycles. The summed E-state index contributed by atoms with van der Waals surface area (Å²) >= 11 is 1.28. The van der Waals surface area contributed by atoms with Gasteiger partial charge in [-0.2, -0.15) is 0 Å². The monoisotopic (exact) mass is 461 g/mol. The number of furan rings is 1. The van der Waals surface area contributed by atoms with Crippen molar-refractivity contribution >= 4 is 27.0 Å². The summed E-state index contributed by atoms with van der Waals surface area (Å²) in [4.78, 5) is 5.58. The van der Waals surface area contributed by atoms with Crippen molar-refractivity contribution in [1.29, 1.82) is 0 Å². The number of methoxy groups -OCH3 is 1.